The molecule has 1 amide bonds. The number of hydrogen-bond acceptors (Lipinski definition) is 4. The molecule has 0 aliphatic carbocycles. The van der Waals surface area contributed by atoms with E-state index >= 15 is 0 Å². The number of morpholine rings is 1. The van der Waals surface area contributed by atoms with Crippen LogP contribution in [0.15, 0.2) is 47.1 Å². The first-order valence-corrected chi connectivity index (χ1v) is 7.87. The first kappa shape index (κ1) is 15.0. The molecule has 0 saturated carbocycles. The molecule has 0 unspecified atom stereocenters. The molecule has 1 aromatic carbocycles. The number of amides is 1. The van der Waals surface area contributed by atoms with Crippen LogP contribution in [0.2, 0.25) is 0 Å². The summed E-state index contributed by atoms with van der Waals surface area (Å²) >= 11 is 3.36. The van der Waals surface area contributed by atoms with Gasteiger partial charge in [0.1, 0.15) is 5.82 Å². The molecule has 0 spiro atoms. The van der Waals surface area contributed by atoms with Crippen molar-refractivity contribution < 1.29 is 9.53 Å². The first-order valence-electron chi connectivity index (χ1n) is 7.08. The first-order chi connectivity index (χ1) is 10.7. The van der Waals surface area contributed by atoms with Gasteiger partial charge in [0.2, 0.25) is 0 Å². The Bertz CT molecular complexity index is 655. The van der Waals surface area contributed by atoms with E-state index in [9.17, 15) is 4.79 Å². The molecule has 22 heavy (non-hydrogen) atoms. The number of ether oxygens (including phenoxy) is 1. The molecule has 114 valence electrons. The zero-order valence-electron chi connectivity index (χ0n) is 12.0. The number of nitrogens with one attached hydrogen (secondary N) is 1. The van der Waals surface area contributed by atoms with Gasteiger partial charge in [-0.1, -0.05) is 22.0 Å². The quantitative estimate of drug-likeness (QED) is 0.912. The average molecular weight is 362 g/mol. The van der Waals surface area contributed by atoms with Crippen LogP contribution >= 0.6 is 15.9 Å². The van der Waals surface area contributed by atoms with Gasteiger partial charge in [0.15, 0.2) is 0 Å². The molecule has 6 heteroatoms. The standard InChI is InChI=1S/C16H16BrN3O2/c17-13-3-1-2-12(10-13)16(21)19-14-4-5-15(18-11-14)20-6-8-22-9-7-20/h1-5,10-11H,6-9H2,(H,19,21). The lowest BCUT2D eigenvalue weighted by Crippen LogP contribution is -2.36. The third-order valence-electron chi connectivity index (χ3n) is 3.43. The minimum absolute atomic E-state index is 0.151. The van der Waals surface area contributed by atoms with Crippen LogP contribution in [0.4, 0.5) is 11.5 Å². The predicted octanol–water partition coefficient (Wildman–Crippen LogP) is 2.93. The fraction of sp³-hybridized carbons (Fsp3) is 0.250. The Morgan fingerprint density at radius 2 is 2.05 bits per heavy atom. The summed E-state index contributed by atoms with van der Waals surface area (Å²) in [6.07, 6.45) is 1.68. The SMILES string of the molecule is O=C(Nc1ccc(N2CCOCC2)nc1)c1cccc(Br)c1. The van der Waals surface area contributed by atoms with E-state index in [4.69, 9.17) is 4.74 Å². The van der Waals surface area contributed by atoms with Crippen molar-refractivity contribution in [1.82, 2.24) is 4.98 Å². The van der Waals surface area contributed by atoms with Crippen LogP contribution in [0.25, 0.3) is 0 Å². The number of pyridine rings is 1. The maximum Gasteiger partial charge on any atom is 0.255 e. The molecular formula is C16H16BrN3O2. The molecule has 1 saturated heterocycles. The maximum absolute atomic E-state index is 12.2. The van der Waals surface area contributed by atoms with Crippen LogP contribution in [0, 0.1) is 0 Å². The van der Waals surface area contributed by atoms with Crippen molar-refractivity contribution in [1.29, 1.82) is 0 Å². The summed E-state index contributed by atoms with van der Waals surface area (Å²) in [6.45, 7) is 3.14. The zero-order valence-corrected chi connectivity index (χ0v) is 13.5. The van der Waals surface area contributed by atoms with Crippen LogP contribution < -0.4 is 10.2 Å². The third kappa shape index (κ3) is 3.64. The lowest BCUT2D eigenvalue weighted by atomic mass is 10.2. The lowest BCUT2D eigenvalue weighted by molar-refractivity contribution is 0.102. The van der Waals surface area contributed by atoms with Crippen LogP contribution in [0.1, 0.15) is 10.4 Å². The Balaban J connectivity index is 1.66. The van der Waals surface area contributed by atoms with E-state index in [0.29, 0.717) is 11.3 Å². The van der Waals surface area contributed by atoms with Gasteiger partial charge in [-0.25, -0.2) is 4.98 Å². The molecule has 1 aromatic heterocycles. The molecule has 5 nitrogen and oxygen atoms in total. The second-order valence-corrected chi connectivity index (χ2v) is 5.88. The van der Waals surface area contributed by atoms with E-state index in [2.05, 4.69) is 31.1 Å². The van der Waals surface area contributed by atoms with E-state index in [0.717, 1.165) is 36.6 Å². The number of carbonyl (C=O) groups is 1. The molecule has 2 heterocycles. The summed E-state index contributed by atoms with van der Waals surface area (Å²) < 4.78 is 6.20. The highest BCUT2D eigenvalue weighted by molar-refractivity contribution is 9.10. The Labute approximate surface area is 137 Å². The van der Waals surface area contributed by atoms with Crippen molar-refractivity contribution >= 4 is 33.3 Å². The summed E-state index contributed by atoms with van der Waals surface area (Å²) in [6, 6.07) is 11.1. The van der Waals surface area contributed by atoms with Gasteiger partial charge < -0.3 is 15.0 Å². The summed E-state index contributed by atoms with van der Waals surface area (Å²) in [7, 11) is 0. The summed E-state index contributed by atoms with van der Waals surface area (Å²) in [5.41, 5.74) is 1.29. The highest BCUT2D eigenvalue weighted by atomic mass is 79.9. The second kappa shape index (κ2) is 6.89. The highest BCUT2D eigenvalue weighted by Crippen LogP contribution is 2.17. The van der Waals surface area contributed by atoms with Gasteiger partial charge in [0.25, 0.3) is 5.91 Å². The average Bonchev–Trinajstić information content (AvgIpc) is 2.56. The molecule has 1 N–H and O–H groups in total. The van der Waals surface area contributed by atoms with Crippen LogP contribution in [0.3, 0.4) is 0 Å². The molecule has 1 aliphatic rings. The third-order valence-corrected chi connectivity index (χ3v) is 3.92. The molecule has 0 bridgehead atoms. The fourth-order valence-corrected chi connectivity index (χ4v) is 2.67. The molecule has 0 radical (unpaired) electrons. The number of hydrogen-bond donors (Lipinski definition) is 1. The molecular weight excluding hydrogens is 346 g/mol. The molecule has 1 aliphatic heterocycles. The Morgan fingerprint density at radius 1 is 1.23 bits per heavy atom. The van der Waals surface area contributed by atoms with E-state index < -0.39 is 0 Å². The lowest BCUT2D eigenvalue weighted by Gasteiger charge is -2.27. The number of benzene rings is 1. The van der Waals surface area contributed by atoms with Crippen molar-refractivity contribution in [2.75, 3.05) is 36.5 Å². The number of anilines is 2. The van der Waals surface area contributed by atoms with E-state index in [1.807, 2.05) is 24.3 Å². The van der Waals surface area contributed by atoms with E-state index in [1.54, 1.807) is 18.3 Å². The minimum atomic E-state index is -0.151. The number of halogens is 1. The smallest absolute Gasteiger partial charge is 0.255 e. The van der Waals surface area contributed by atoms with Crippen molar-refractivity contribution in [3.05, 3.63) is 52.6 Å². The maximum atomic E-state index is 12.2. The summed E-state index contributed by atoms with van der Waals surface area (Å²) in [5, 5.41) is 2.85. The van der Waals surface area contributed by atoms with Crippen LogP contribution in [-0.2, 0) is 4.74 Å². The Morgan fingerprint density at radius 3 is 2.73 bits per heavy atom. The van der Waals surface area contributed by atoms with Gasteiger partial charge in [-0.3, -0.25) is 4.79 Å². The number of rotatable bonds is 3. The van der Waals surface area contributed by atoms with Gasteiger partial charge in [-0.2, -0.15) is 0 Å². The summed E-state index contributed by atoms with van der Waals surface area (Å²) in [5.74, 6) is 0.756. The van der Waals surface area contributed by atoms with Crippen LogP contribution in [-0.4, -0.2) is 37.2 Å². The number of nitrogens with zero attached hydrogens (tertiary/aromatic N) is 2. The largest absolute Gasteiger partial charge is 0.378 e. The fourth-order valence-electron chi connectivity index (χ4n) is 2.27. The van der Waals surface area contributed by atoms with Crippen molar-refractivity contribution in [3.63, 3.8) is 0 Å². The van der Waals surface area contributed by atoms with Crippen molar-refractivity contribution in [3.8, 4) is 0 Å². The normalized spacial score (nSPS) is 14.7. The predicted molar refractivity (Wildman–Crippen MR) is 89.4 cm³/mol. The Kier molecular flexibility index (Phi) is 4.70. The molecule has 2 aromatic rings. The molecule has 0 atom stereocenters. The van der Waals surface area contributed by atoms with Gasteiger partial charge in [-0.15, -0.1) is 0 Å². The van der Waals surface area contributed by atoms with Gasteiger partial charge in [0.05, 0.1) is 25.1 Å². The molecule has 1 fully saturated rings. The zero-order chi connectivity index (χ0) is 15.4. The van der Waals surface area contributed by atoms with Crippen LogP contribution in [0.5, 0.6) is 0 Å². The Hall–Kier alpha value is -1.92. The molecule has 3 rings (SSSR count). The highest BCUT2D eigenvalue weighted by Gasteiger charge is 2.12. The number of carbonyl (C=O) groups excluding carboxylic acids is 1. The minimum Gasteiger partial charge on any atom is -0.378 e. The van der Waals surface area contributed by atoms with E-state index in [-0.39, 0.29) is 5.91 Å². The van der Waals surface area contributed by atoms with Gasteiger partial charge in [0, 0.05) is 23.1 Å². The summed E-state index contributed by atoms with van der Waals surface area (Å²) in [4.78, 5) is 18.7. The monoisotopic (exact) mass is 361 g/mol. The van der Waals surface area contributed by atoms with Gasteiger partial charge >= 0.3 is 0 Å². The van der Waals surface area contributed by atoms with Crippen molar-refractivity contribution in [2.24, 2.45) is 0 Å². The second-order valence-electron chi connectivity index (χ2n) is 4.97. The topological polar surface area (TPSA) is 54.5 Å². The number of aromatic nitrogens is 1. The van der Waals surface area contributed by atoms with E-state index in [1.165, 1.54) is 0 Å². The van der Waals surface area contributed by atoms with Crippen molar-refractivity contribution in [2.45, 2.75) is 0 Å². The van der Waals surface area contributed by atoms with Gasteiger partial charge in [-0.05, 0) is 30.3 Å².